The summed E-state index contributed by atoms with van der Waals surface area (Å²) in [4.78, 5) is 21.5. The maximum atomic E-state index is 14.4. The third-order valence-corrected chi connectivity index (χ3v) is 11.1. The van der Waals surface area contributed by atoms with Crippen molar-refractivity contribution >= 4 is 11.8 Å². The van der Waals surface area contributed by atoms with Crippen molar-refractivity contribution in [3.05, 3.63) is 96.6 Å². The molecule has 3 aliphatic rings. The molecule has 13 nitrogen and oxygen atoms in total. The molecule has 5 rings (SSSR count). The van der Waals surface area contributed by atoms with Gasteiger partial charge in [0.25, 0.3) is 0 Å². The van der Waals surface area contributed by atoms with E-state index in [9.17, 15) is 20.1 Å². The zero-order valence-corrected chi connectivity index (χ0v) is 33.9. The molecule has 0 aromatic heterocycles. The standard InChI is InChI=1S/C45H62N2O11/c1-4-23-55-35-17-18-40-38(30-35)42-36(16-10-12-21-49)34(15-9-11-20-48)29-37-39(46-52-3)31-41(45(58-40,43(37)42)57-24-5-2)47(19-25-53-26-22-50)44(51)56-28-27-54-32-33-13-7-6-8-14-33/h4-8,13-14,17-18,29-30,34,36,41-43,48-50H,1-2,9-12,15-16,19-28,31-32H2,3H3. The second kappa shape index (κ2) is 23.4. The molecule has 2 aliphatic carbocycles. The number of ether oxygens (including phenoxy) is 6. The summed E-state index contributed by atoms with van der Waals surface area (Å²) >= 11 is 0. The first-order valence-corrected chi connectivity index (χ1v) is 20.5. The number of oxime groups is 1. The molecule has 1 aliphatic heterocycles. The molecule has 13 heteroatoms. The lowest BCUT2D eigenvalue weighted by Gasteiger charge is -2.59. The molecule has 1 heterocycles. The predicted octanol–water partition coefficient (Wildman–Crippen LogP) is 6.18. The Labute approximate surface area is 342 Å². The first-order valence-electron chi connectivity index (χ1n) is 20.5. The fourth-order valence-corrected chi connectivity index (χ4v) is 8.74. The van der Waals surface area contributed by atoms with Gasteiger partial charge in [0.2, 0.25) is 5.79 Å². The maximum absolute atomic E-state index is 14.4. The highest BCUT2D eigenvalue weighted by Gasteiger charge is 2.65. The number of carbonyl (C=O) groups excluding carboxylic acids is 1. The number of hydrogen-bond acceptors (Lipinski definition) is 12. The van der Waals surface area contributed by atoms with Gasteiger partial charge in [-0.2, -0.15) is 0 Å². The highest BCUT2D eigenvalue weighted by Crippen LogP contribution is 2.62. The van der Waals surface area contributed by atoms with Crippen LogP contribution in [-0.2, 0) is 30.4 Å². The zero-order valence-electron chi connectivity index (χ0n) is 33.9. The molecule has 2 aromatic carbocycles. The van der Waals surface area contributed by atoms with E-state index in [0.29, 0.717) is 43.3 Å². The van der Waals surface area contributed by atoms with Gasteiger partial charge in [-0.05, 0) is 66.9 Å². The fourth-order valence-electron chi connectivity index (χ4n) is 8.74. The first kappa shape index (κ1) is 44.9. The normalized spacial score (nSPS) is 23.8. The van der Waals surface area contributed by atoms with Gasteiger partial charge in [-0.15, -0.1) is 6.58 Å². The quantitative estimate of drug-likeness (QED) is 0.0567. The molecule has 1 saturated carbocycles. The molecule has 58 heavy (non-hydrogen) atoms. The number of amides is 1. The van der Waals surface area contributed by atoms with Gasteiger partial charge in [-0.1, -0.05) is 73.1 Å². The zero-order chi connectivity index (χ0) is 41.2. The van der Waals surface area contributed by atoms with Crippen molar-refractivity contribution in [3.63, 3.8) is 0 Å². The van der Waals surface area contributed by atoms with Gasteiger partial charge < -0.3 is 48.6 Å². The van der Waals surface area contributed by atoms with E-state index in [1.807, 2.05) is 48.5 Å². The Morgan fingerprint density at radius 3 is 2.43 bits per heavy atom. The van der Waals surface area contributed by atoms with Crippen LogP contribution in [0.4, 0.5) is 4.79 Å². The van der Waals surface area contributed by atoms with Gasteiger partial charge in [-0.3, -0.25) is 4.90 Å². The summed E-state index contributed by atoms with van der Waals surface area (Å²) in [5.41, 5.74) is 3.54. The Kier molecular flexibility index (Phi) is 18.1. The minimum atomic E-state index is -1.46. The molecule has 3 N–H and O–H groups in total. The number of hydrogen-bond donors (Lipinski definition) is 3. The van der Waals surface area contributed by atoms with E-state index in [1.54, 1.807) is 17.1 Å². The summed E-state index contributed by atoms with van der Waals surface area (Å²) in [5, 5.41) is 33.8. The Hall–Kier alpha value is -4.24. The molecule has 1 amide bonds. The van der Waals surface area contributed by atoms with Crippen molar-refractivity contribution < 1.29 is 53.4 Å². The summed E-state index contributed by atoms with van der Waals surface area (Å²) in [7, 11) is 1.51. The van der Waals surface area contributed by atoms with Crippen LogP contribution in [-0.4, -0.2) is 117 Å². The van der Waals surface area contributed by atoms with E-state index >= 15 is 0 Å². The monoisotopic (exact) mass is 806 g/mol. The van der Waals surface area contributed by atoms with Crippen molar-refractivity contribution in [2.24, 2.45) is 22.9 Å². The summed E-state index contributed by atoms with van der Waals surface area (Å²) in [6, 6.07) is 14.8. The van der Waals surface area contributed by atoms with Crippen LogP contribution >= 0.6 is 0 Å². The number of aliphatic hydroxyl groups excluding tert-OH is 3. The van der Waals surface area contributed by atoms with Crippen LogP contribution in [0.3, 0.4) is 0 Å². The van der Waals surface area contributed by atoms with Crippen LogP contribution in [0, 0.1) is 17.8 Å². The lowest BCUT2D eigenvalue weighted by molar-refractivity contribution is -0.256. The summed E-state index contributed by atoms with van der Waals surface area (Å²) in [6.07, 6.45) is 9.83. The third-order valence-electron chi connectivity index (χ3n) is 11.1. The van der Waals surface area contributed by atoms with Crippen LogP contribution in [0.15, 0.2) is 90.6 Å². The maximum Gasteiger partial charge on any atom is 0.410 e. The minimum Gasteiger partial charge on any atom is -0.490 e. The molecule has 2 aromatic rings. The van der Waals surface area contributed by atoms with Crippen LogP contribution in [0.5, 0.6) is 11.5 Å². The SMILES string of the molecule is C=CCOc1ccc2c(c1)C1C(CCCCO)C(CCCCO)C=C3C(=NOC)CC(N(CCOCCO)C(=O)OCCOCc4ccccc4)C(OCC=C)(O2)C31. The molecule has 1 fully saturated rings. The average molecular weight is 807 g/mol. The predicted molar refractivity (Wildman–Crippen MR) is 220 cm³/mol. The summed E-state index contributed by atoms with van der Waals surface area (Å²) < 4.78 is 37.7. The van der Waals surface area contributed by atoms with Crippen LogP contribution in [0.1, 0.15) is 62.0 Å². The summed E-state index contributed by atoms with van der Waals surface area (Å²) in [6.45, 7) is 9.14. The van der Waals surface area contributed by atoms with Gasteiger partial charge in [0, 0.05) is 37.7 Å². The first-order chi connectivity index (χ1) is 28.5. The van der Waals surface area contributed by atoms with Crippen molar-refractivity contribution in [2.45, 2.75) is 69.3 Å². The number of allylic oxidation sites excluding steroid dienone is 1. The number of benzene rings is 2. The Balaban J connectivity index is 1.63. The molecule has 6 unspecified atom stereocenters. The Morgan fingerprint density at radius 1 is 0.931 bits per heavy atom. The molecular formula is C45H62N2O11. The second-order valence-corrected chi connectivity index (χ2v) is 14.7. The van der Waals surface area contributed by atoms with Crippen molar-refractivity contribution in [1.29, 1.82) is 0 Å². The van der Waals surface area contributed by atoms with E-state index in [4.69, 9.17) is 33.3 Å². The minimum absolute atomic E-state index is 0.00273. The van der Waals surface area contributed by atoms with E-state index in [1.165, 1.54) is 7.11 Å². The number of nitrogens with zero attached hydrogens (tertiary/aromatic N) is 2. The average Bonchev–Trinajstić information content (AvgIpc) is 3.24. The highest BCUT2D eigenvalue weighted by molar-refractivity contribution is 6.02. The molecule has 0 saturated heterocycles. The van der Waals surface area contributed by atoms with E-state index in [0.717, 1.165) is 42.4 Å². The van der Waals surface area contributed by atoms with Gasteiger partial charge >= 0.3 is 6.09 Å². The van der Waals surface area contributed by atoms with Crippen molar-refractivity contribution in [2.75, 3.05) is 73.1 Å². The summed E-state index contributed by atoms with van der Waals surface area (Å²) in [5.74, 6) is -0.737. The smallest absolute Gasteiger partial charge is 0.410 e. The molecule has 318 valence electrons. The molecule has 0 bridgehead atoms. The van der Waals surface area contributed by atoms with E-state index < -0.39 is 23.8 Å². The van der Waals surface area contributed by atoms with Gasteiger partial charge in [0.15, 0.2) is 0 Å². The lowest BCUT2D eigenvalue weighted by Crippen LogP contribution is -2.70. The van der Waals surface area contributed by atoms with Gasteiger partial charge in [0.05, 0.1) is 51.3 Å². The Bertz CT molecular complexity index is 1650. The lowest BCUT2D eigenvalue weighted by atomic mass is 9.55. The van der Waals surface area contributed by atoms with Crippen molar-refractivity contribution in [3.8, 4) is 11.5 Å². The molecule has 6 atom stereocenters. The number of rotatable bonds is 26. The third kappa shape index (κ3) is 11.1. The van der Waals surface area contributed by atoms with E-state index in [2.05, 4.69) is 24.4 Å². The number of carbonyl (C=O) groups is 1. The molecule has 0 radical (unpaired) electrons. The second-order valence-electron chi connectivity index (χ2n) is 14.7. The number of aliphatic hydroxyl groups is 3. The fraction of sp³-hybridized carbons (Fsp3) is 0.556. The topological polar surface area (TPSA) is 158 Å². The van der Waals surface area contributed by atoms with Crippen LogP contribution in [0.25, 0.3) is 0 Å². The van der Waals surface area contributed by atoms with Gasteiger partial charge in [0.1, 0.15) is 37.9 Å². The Morgan fingerprint density at radius 2 is 1.71 bits per heavy atom. The largest absolute Gasteiger partial charge is 0.490 e. The molecular weight excluding hydrogens is 744 g/mol. The number of fused-ring (bicyclic) bond motifs is 2. The van der Waals surface area contributed by atoms with Crippen molar-refractivity contribution in [1.82, 2.24) is 4.90 Å². The van der Waals surface area contributed by atoms with E-state index in [-0.39, 0.29) is 83.6 Å². The highest BCUT2D eigenvalue weighted by atomic mass is 16.7. The van der Waals surface area contributed by atoms with Gasteiger partial charge in [-0.25, -0.2) is 4.79 Å². The van der Waals surface area contributed by atoms with Crippen LogP contribution < -0.4 is 9.47 Å². The number of unbranched alkanes of at least 4 members (excludes halogenated alkanes) is 2. The molecule has 0 spiro atoms. The van der Waals surface area contributed by atoms with Crippen LogP contribution in [0.2, 0.25) is 0 Å².